The van der Waals surface area contributed by atoms with Crippen LogP contribution in [0.1, 0.15) is 58.3 Å². The highest BCUT2D eigenvalue weighted by atomic mass is 17.2. The Labute approximate surface area is 104 Å². The van der Waals surface area contributed by atoms with Crippen LogP contribution in [0.3, 0.4) is 0 Å². The molecule has 1 N–H and O–H groups in total. The zero-order valence-corrected chi connectivity index (χ0v) is 10.9. The minimum absolute atomic E-state index is 0.0836. The minimum Gasteiger partial charge on any atom is -0.317 e. The molecule has 4 nitrogen and oxygen atoms in total. The average molecular weight is 243 g/mol. The summed E-state index contributed by atoms with van der Waals surface area (Å²) in [5, 5.41) is 3.24. The molecule has 4 heteroatoms. The molecule has 1 heterocycles. The molecule has 0 saturated carbocycles. The molecule has 0 aromatic carbocycles. The van der Waals surface area contributed by atoms with E-state index >= 15 is 0 Å². The summed E-state index contributed by atoms with van der Waals surface area (Å²) < 4.78 is 0. The summed E-state index contributed by atoms with van der Waals surface area (Å²) >= 11 is 0. The third-order valence-corrected chi connectivity index (χ3v) is 3.05. The van der Waals surface area contributed by atoms with Gasteiger partial charge in [0.05, 0.1) is 0 Å². The first-order chi connectivity index (χ1) is 8.33. The van der Waals surface area contributed by atoms with E-state index in [1.54, 1.807) is 0 Å². The zero-order chi connectivity index (χ0) is 12.3. The van der Waals surface area contributed by atoms with Gasteiger partial charge >= 0.3 is 5.97 Å². The zero-order valence-electron chi connectivity index (χ0n) is 10.9. The maximum Gasteiger partial charge on any atom is 0.342 e. The number of carbonyl (C=O) groups excluding carboxylic acids is 1. The third kappa shape index (κ3) is 7.34. The first kappa shape index (κ1) is 14.5. The maximum atomic E-state index is 11.4. The number of nitrogens with one attached hydrogen (secondary N) is 1. The highest BCUT2D eigenvalue weighted by molar-refractivity contribution is 5.68. The fraction of sp³-hybridized carbons (Fsp3) is 0.923. The lowest BCUT2D eigenvalue weighted by atomic mass is 10.1. The summed E-state index contributed by atoms with van der Waals surface area (Å²) in [6.45, 7) is 4.07. The largest absolute Gasteiger partial charge is 0.342 e. The van der Waals surface area contributed by atoms with Crippen LogP contribution in [0.2, 0.25) is 0 Å². The second-order valence-corrected chi connectivity index (χ2v) is 4.67. The van der Waals surface area contributed by atoms with Gasteiger partial charge in [0, 0.05) is 6.42 Å². The van der Waals surface area contributed by atoms with Crippen LogP contribution in [0, 0.1) is 0 Å². The number of rotatable bonds is 8. The molecule has 0 aromatic rings. The predicted octanol–water partition coefficient (Wildman–Crippen LogP) is 2.57. The Balaban J connectivity index is 1.93. The smallest absolute Gasteiger partial charge is 0.317 e. The number of carbonyl (C=O) groups is 1. The van der Waals surface area contributed by atoms with Crippen LogP contribution in [-0.2, 0) is 14.6 Å². The van der Waals surface area contributed by atoms with Gasteiger partial charge in [0.2, 0.25) is 0 Å². The fourth-order valence-corrected chi connectivity index (χ4v) is 1.93. The lowest BCUT2D eigenvalue weighted by molar-refractivity contribution is -0.301. The topological polar surface area (TPSA) is 47.6 Å². The van der Waals surface area contributed by atoms with Gasteiger partial charge in [-0.25, -0.2) is 4.79 Å². The van der Waals surface area contributed by atoms with Crippen LogP contribution in [0.4, 0.5) is 0 Å². The van der Waals surface area contributed by atoms with Crippen LogP contribution >= 0.6 is 0 Å². The van der Waals surface area contributed by atoms with Crippen molar-refractivity contribution in [3.63, 3.8) is 0 Å². The van der Waals surface area contributed by atoms with Crippen molar-refractivity contribution in [2.45, 2.75) is 64.4 Å². The number of piperidine rings is 1. The number of unbranched alkanes of at least 4 members (excludes halogenated alkanes) is 4. The molecule has 1 aliphatic heterocycles. The van der Waals surface area contributed by atoms with E-state index in [9.17, 15) is 4.79 Å². The highest BCUT2D eigenvalue weighted by Crippen LogP contribution is 2.10. The lowest BCUT2D eigenvalue weighted by Gasteiger charge is -2.20. The van der Waals surface area contributed by atoms with Crippen molar-refractivity contribution >= 4 is 5.97 Å². The fourth-order valence-electron chi connectivity index (χ4n) is 1.93. The Morgan fingerprint density at radius 1 is 1.18 bits per heavy atom. The van der Waals surface area contributed by atoms with Crippen molar-refractivity contribution in [3.05, 3.63) is 0 Å². The van der Waals surface area contributed by atoms with E-state index in [-0.39, 0.29) is 12.1 Å². The van der Waals surface area contributed by atoms with E-state index in [1.165, 1.54) is 19.3 Å². The van der Waals surface area contributed by atoms with Gasteiger partial charge in [0.15, 0.2) is 0 Å². The molecule has 0 spiro atoms. The first-order valence-corrected chi connectivity index (χ1v) is 6.89. The molecule has 100 valence electrons. The Hall–Kier alpha value is -0.610. The molecule has 1 fully saturated rings. The van der Waals surface area contributed by atoms with Gasteiger partial charge in [-0.15, -0.1) is 0 Å². The van der Waals surface area contributed by atoms with E-state index in [0.717, 1.165) is 38.8 Å². The molecule has 1 saturated heterocycles. The lowest BCUT2D eigenvalue weighted by Crippen LogP contribution is -2.33. The molecule has 17 heavy (non-hydrogen) atoms. The Morgan fingerprint density at radius 2 is 1.88 bits per heavy atom. The minimum atomic E-state index is -0.222. The van der Waals surface area contributed by atoms with E-state index < -0.39 is 0 Å². The quantitative estimate of drug-likeness (QED) is 0.404. The molecule has 0 bridgehead atoms. The van der Waals surface area contributed by atoms with E-state index in [1.807, 2.05) is 0 Å². The van der Waals surface area contributed by atoms with Crippen molar-refractivity contribution in [1.29, 1.82) is 0 Å². The normalized spacial score (nSPS) is 17.0. The highest BCUT2D eigenvalue weighted by Gasteiger charge is 2.16. The van der Waals surface area contributed by atoms with Crippen molar-refractivity contribution < 1.29 is 14.6 Å². The summed E-state index contributed by atoms with van der Waals surface area (Å²) in [6.07, 6.45) is 8.11. The van der Waals surface area contributed by atoms with E-state index in [4.69, 9.17) is 9.78 Å². The van der Waals surface area contributed by atoms with Gasteiger partial charge in [0.25, 0.3) is 0 Å². The Kier molecular flexibility index (Phi) is 8.01. The molecule has 1 rings (SSSR count). The monoisotopic (exact) mass is 243 g/mol. The van der Waals surface area contributed by atoms with Gasteiger partial charge in [-0.1, -0.05) is 32.6 Å². The van der Waals surface area contributed by atoms with Crippen LogP contribution in [0.25, 0.3) is 0 Å². The second kappa shape index (κ2) is 9.42. The van der Waals surface area contributed by atoms with E-state index in [2.05, 4.69) is 12.2 Å². The van der Waals surface area contributed by atoms with Gasteiger partial charge in [0.1, 0.15) is 6.10 Å². The Morgan fingerprint density at radius 3 is 2.59 bits per heavy atom. The van der Waals surface area contributed by atoms with Gasteiger partial charge in [-0.3, -0.25) is 4.89 Å². The van der Waals surface area contributed by atoms with Crippen LogP contribution in [-0.4, -0.2) is 25.2 Å². The SMILES string of the molecule is CCCCCCCC(=O)OOC1CCNCC1. The maximum absolute atomic E-state index is 11.4. The number of hydrogen-bond acceptors (Lipinski definition) is 4. The van der Waals surface area contributed by atoms with Gasteiger partial charge in [-0.2, -0.15) is 4.89 Å². The summed E-state index contributed by atoms with van der Waals surface area (Å²) in [5.41, 5.74) is 0. The van der Waals surface area contributed by atoms with Crippen LogP contribution in [0.5, 0.6) is 0 Å². The third-order valence-electron chi connectivity index (χ3n) is 3.05. The second-order valence-electron chi connectivity index (χ2n) is 4.67. The average Bonchev–Trinajstić information content (AvgIpc) is 2.37. The summed E-state index contributed by atoms with van der Waals surface area (Å²) in [5.74, 6) is -0.222. The van der Waals surface area contributed by atoms with Gasteiger partial charge in [-0.05, 0) is 32.4 Å². The van der Waals surface area contributed by atoms with Crippen molar-refractivity contribution in [3.8, 4) is 0 Å². The summed E-state index contributed by atoms with van der Waals surface area (Å²) in [6, 6.07) is 0. The first-order valence-electron chi connectivity index (χ1n) is 6.89. The Bertz CT molecular complexity index is 203. The summed E-state index contributed by atoms with van der Waals surface area (Å²) in [7, 11) is 0. The molecule has 0 unspecified atom stereocenters. The molecule has 0 aliphatic carbocycles. The van der Waals surface area contributed by atoms with Crippen LogP contribution < -0.4 is 5.32 Å². The standard InChI is InChI=1S/C13H25NO3/c1-2-3-4-5-6-7-13(15)17-16-12-8-10-14-11-9-12/h12,14H,2-11H2,1H3. The van der Waals surface area contributed by atoms with Crippen molar-refractivity contribution in [2.24, 2.45) is 0 Å². The molecule has 0 amide bonds. The molecular formula is C13H25NO3. The van der Waals surface area contributed by atoms with Crippen LogP contribution in [0.15, 0.2) is 0 Å². The van der Waals surface area contributed by atoms with Crippen molar-refractivity contribution in [1.82, 2.24) is 5.32 Å². The van der Waals surface area contributed by atoms with E-state index in [0.29, 0.717) is 6.42 Å². The molecule has 0 radical (unpaired) electrons. The summed E-state index contributed by atoms with van der Waals surface area (Å²) in [4.78, 5) is 21.3. The molecule has 0 atom stereocenters. The predicted molar refractivity (Wildman–Crippen MR) is 66.4 cm³/mol. The van der Waals surface area contributed by atoms with Crippen molar-refractivity contribution in [2.75, 3.05) is 13.1 Å². The molecule has 0 aromatic heterocycles. The number of hydrogen-bond donors (Lipinski definition) is 1. The molecular weight excluding hydrogens is 218 g/mol. The van der Waals surface area contributed by atoms with Gasteiger partial charge < -0.3 is 5.32 Å². The molecule has 1 aliphatic rings.